The molecule has 3 atom stereocenters. The molecule has 228 valence electrons. The normalized spacial score (nSPS) is 19.5. The molecule has 5 rings (SSSR count). The Hall–Kier alpha value is -3.73. The highest BCUT2D eigenvalue weighted by Crippen LogP contribution is 2.38. The second-order valence-electron chi connectivity index (χ2n) is 12.6. The summed E-state index contributed by atoms with van der Waals surface area (Å²) in [5.41, 5.74) is 9.04. The molecule has 43 heavy (non-hydrogen) atoms. The number of aryl methyl sites for hydroxylation is 1. The zero-order valence-corrected chi connectivity index (χ0v) is 26.8. The lowest BCUT2D eigenvalue weighted by Crippen LogP contribution is -2.46. The summed E-state index contributed by atoms with van der Waals surface area (Å²) in [4.78, 5) is 5.02. The monoisotopic (exact) mass is 577 g/mol. The quantitative estimate of drug-likeness (QED) is 0.173. The van der Waals surface area contributed by atoms with Gasteiger partial charge in [0, 0.05) is 74.2 Å². The van der Waals surface area contributed by atoms with Crippen LogP contribution in [0.4, 0.5) is 17.1 Å². The Morgan fingerprint density at radius 3 is 2.12 bits per heavy atom. The predicted octanol–water partition coefficient (Wildman–Crippen LogP) is 8.48. The van der Waals surface area contributed by atoms with Crippen LogP contribution in [0, 0.1) is 12.8 Å². The van der Waals surface area contributed by atoms with Gasteiger partial charge in [-0.25, -0.2) is 0 Å². The van der Waals surface area contributed by atoms with Crippen molar-refractivity contribution >= 4 is 23.3 Å². The molecular weight excluding hydrogens is 526 g/mol. The van der Waals surface area contributed by atoms with Crippen molar-refractivity contribution in [3.8, 4) is 0 Å². The summed E-state index contributed by atoms with van der Waals surface area (Å²) in [5.74, 6) is 1.47. The first-order chi connectivity index (χ1) is 20.9. The highest BCUT2D eigenvalue weighted by atomic mass is 15.5. The molecule has 1 aliphatic heterocycles. The summed E-state index contributed by atoms with van der Waals surface area (Å²) < 4.78 is 0. The Morgan fingerprint density at radius 2 is 1.53 bits per heavy atom. The molecule has 2 fully saturated rings. The van der Waals surface area contributed by atoms with Crippen LogP contribution < -0.4 is 15.1 Å². The van der Waals surface area contributed by atoms with Gasteiger partial charge in [0.05, 0.1) is 0 Å². The van der Waals surface area contributed by atoms with E-state index >= 15 is 0 Å². The van der Waals surface area contributed by atoms with E-state index in [0.717, 1.165) is 63.1 Å². The van der Waals surface area contributed by atoms with Gasteiger partial charge in [0.2, 0.25) is 0 Å². The van der Waals surface area contributed by atoms with Crippen LogP contribution in [-0.2, 0) is 6.42 Å². The molecule has 1 aliphatic carbocycles. The van der Waals surface area contributed by atoms with Gasteiger partial charge in [0.1, 0.15) is 0 Å². The molecule has 2 aliphatic rings. The minimum absolute atomic E-state index is 0.349. The number of nitrogens with zero attached hydrogens (tertiary/aromatic N) is 4. The highest BCUT2D eigenvalue weighted by Gasteiger charge is 2.25. The number of hydrogen-bond acceptors (Lipinski definition) is 5. The minimum Gasteiger partial charge on any atom is -0.385 e. The third-order valence-corrected chi connectivity index (χ3v) is 9.48. The third kappa shape index (κ3) is 8.01. The summed E-state index contributed by atoms with van der Waals surface area (Å²) in [6.07, 6.45) is 7.63. The smallest absolute Gasteiger partial charge is 0.0491 e. The minimum atomic E-state index is 0.349. The van der Waals surface area contributed by atoms with Crippen molar-refractivity contribution in [2.75, 3.05) is 47.8 Å². The summed E-state index contributed by atoms with van der Waals surface area (Å²) in [6, 6.07) is 27.6. The van der Waals surface area contributed by atoms with Gasteiger partial charge >= 0.3 is 0 Å². The molecule has 0 amide bonds. The zero-order chi connectivity index (χ0) is 30.2. The van der Waals surface area contributed by atoms with Gasteiger partial charge in [-0.05, 0) is 106 Å². The number of anilines is 3. The molecule has 0 aromatic heterocycles. The Kier molecular flexibility index (Phi) is 10.5. The van der Waals surface area contributed by atoms with E-state index in [9.17, 15) is 0 Å². The first-order valence-corrected chi connectivity index (χ1v) is 16.4. The summed E-state index contributed by atoms with van der Waals surface area (Å²) in [7, 11) is 0. The zero-order valence-electron chi connectivity index (χ0n) is 26.8. The molecule has 1 N–H and O–H groups in total. The maximum Gasteiger partial charge on any atom is 0.0491 e. The van der Waals surface area contributed by atoms with Gasteiger partial charge in [-0.2, -0.15) is 5.10 Å². The first-order valence-electron chi connectivity index (χ1n) is 16.4. The lowest BCUT2D eigenvalue weighted by molar-refractivity contribution is 0.271. The molecule has 3 aromatic rings. The number of piperazine rings is 1. The number of hydrazone groups is 1. The van der Waals surface area contributed by atoms with Crippen LogP contribution >= 0.6 is 0 Å². The molecule has 3 aromatic carbocycles. The maximum absolute atomic E-state index is 4.55. The van der Waals surface area contributed by atoms with E-state index in [2.05, 4.69) is 125 Å². The van der Waals surface area contributed by atoms with E-state index in [-0.39, 0.29) is 0 Å². The first kappa shape index (κ1) is 30.7. The largest absolute Gasteiger partial charge is 0.385 e. The number of nitrogens with one attached hydrogen (secondary N) is 1. The molecule has 1 saturated heterocycles. The Bertz CT molecular complexity index is 1320. The lowest BCUT2D eigenvalue weighted by atomic mass is 9.95. The fraction of sp³-hybridized carbons (Fsp3) is 0.447. The standard InChI is InChI=1S/C38H51N5/c1-6-30(4)43(40-7-2)31(5)26-32-11-18-37(19-12-32)41-22-24-42(25-23-41)38-20-16-36(17-21-38)39-28-33-10-15-35(27-33)34-13-8-29(3)9-14-34/h7-9,11-14,16-21,30,33,35,39H,5-6,10,15,22-28H2,1-4H3/b40-7-/t30?,33-,35?/m1/s1. The average molecular weight is 578 g/mol. The summed E-state index contributed by atoms with van der Waals surface area (Å²) in [6.45, 7) is 18.0. The predicted molar refractivity (Wildman–Crippen MR) is 186 cm³/mol. The molecule has 1 saturated carbocycles. The molecule has 0 bridgehead atoms. The Morgan fingerprint density at radius 1 is 0.930 bits per heavy atom. The molecule has 0 radical (unpaired) electrons. The van der Waals surface area contributed by atoms with Gasteiger partial charge in [-0.15, -0.1) is 0 Å². The number of benzene rings is 3. The van der Waals surface area contributed by atoms with E-state index in [1.54, 1.807) is 0 Å². The van der Waals surface area contributed by atoms with Crippen molar-refractivity contribution in [3.05, 3.63) is 102 Å². The lowest BCUT2D eigenvalue weighted by Gasteiger charge is -2.37. The van der Waals surface area contributed by atoms with Crippen molar-refractivity contribution in [3.63, 3.8) is 0 Å². The van der Waals surface area contributed by atoms with Crippen LogP contribution in [0.5, 0.6) is 0 Å². The van der Waals surface area contributed by atoms with E-state index in [1.807, 2.05) is 13.1 Å². The molecule has 5 heteroatoms. The third-order valence-electron chi connectivity index (χ3n) is 9.48. The fourth-order valence-corrected chi connectivity index (χ4v) is 6.62. The van der Waals surface area contributed by atoms with Gasteiger partial charge in [0.15, 0.2) is 0 Å². The van der Waals surface area contributed by atoms with Crippen molar-refractivity contribution in [1.29, 1.82) is 0 Å². The Balaban J connectivity index is 1.06. The topological polar surface area (TPSA) is 34.1 Å². The fourth-order valence-electron chi connectivity index (χ4n) is 6.62. The van der Waals surface area contributed by atoms with E-state index in [1.165, 1.54) is 53.0 Å². The van der Waals surface area contributed by atoms with Crippen LogP contribution in [-0.4, -0.2) is 50.0 Å². The molecule has 5 nitrogen and oxygen atoms in total. The van der Waals surface area contributed by atoms with E-state index < -0.39 is 0 Å². The Labute approximate surface area is 260 Å². The number of hydrogen-bond donors (Lipinski definition) is 1. The van der Waals surface area contributed by atoms with Crippen molar-refractivity contribution in [1.82, 2.24) is 5.01 Å². The molecular formula is C38H51N5. The van der Waals surface area contributed by atoms with Gasteiger partial charge in [0.25, 0.3) is 0 Å². The number of rotatable bonds is 12. The van der Waals surface area contributed by atoms with Gasteiger partial charge in [-0.1, -0.05) is 55.5 Å². The average Bonchev–Trinajstić information content (AvgIpc) is 3.52. The maximum atomic E-state index is 4.55. The van der Waals surface area contributed by atoms with E-state index in [0.29, 0.717) is 6.04 Å². The van der Waals surface area contributed by atoms with Crippen molar-refractivity contribution in [2.24, 2.45) is 11.0 Å². The van der Waals surface area contributed by atoms with Gasteiger partial charge < -0.3 is 15.1 Å². The van der Waals surface area contributed by atoms with Crippen LogP contribution in [0.25, 0.3) is 0 Å². The van der Waals surface area contributed by atoms with E-state index in [4.69, 9.17) is 0 Å². The SMILES string of the molecule is C=C(Cc1ccc(N2CCN(c3ccc(NC[C@@H]4CCC(c5ccc(C)cc5)C4)cc3)CC2)cc1)N(/N=C\C)C(C)CC. The molecule has 1 heterocycles. The summed E-state index contributed by atoms with van der Waals surface area (Å²) in [5, 5.41) is 10.3. The van der Waals surface area contributed by atoms with Gasteiger partial charge in [-0.3, -0.25) is 5.01 Å². The summed E-state index contributed by atoms with van der Waals surface area (Å²) >= 11 is 0. The van der Waals surface area contributed by atoms with Crippen LogP contribution in [0.3, 0.4) is 0 Å². The number of allylic oxidation sites excluding steroid dienone is 1. The second kappa shape index (κ2) is 14.6. The van der Waals surface area contributed by atoms with Crippen molar-refractivity contribution < 1.29 is 0 Å². The second-order valence-corrected chi connectivity index (χ2v) is 12.6. The van der Waals surface area contributed by atoms with Crippen LogP contribution in [0.1, 0.15) is 69.1 Å². The molecule has 2 unspecified atom stereocenters. The molecule has 0 spiro atoms. The highest BCUT2D eigenvalue weighted by molar-refractivity contribution is 5.57. The van der Waals surface area contributed by atoms with Crippen LogP contribution in [0.15, 0.2) is 90.2 Å². The van der Waals surface area contributed by atoms with Crippen LogP contribution in [0.2, 0.25) is 0 Å². The van der Waals surface area contributed by atoms with Crippen molar-refractivity contribution in [2.45, 2.75) is 71.8 Å².